The first-order valence-corrected chi connectivity index (χ1v) is 6.97. The molecule has 0 atom stereocenters. The number of alkyl halides is 1. The van der Waals surface area contributed by atoms with Gasteiger partial charge in [-0.1, -0.05) is 48.0 Å². The Kier molecular flexibility index (Phi) is 4.11. The quantitative estimate of drug-likeness (QED) is 0.476. The molecule has 0 bridgehead atoms. The van der Waals surface area contributed by atoms with E-state index in [-0.39, 0.29) is 12.5 Å². The summed E-state index contributed by atoms with van der Waals surface area (Å²) in [6, 6.07) is 5.61. The highest BCUT2D eigenvalue weighted by Crippen LogP contribution is 2.23. The van der Waals surface area contributed by atoms with E-state index in [1.54, 1.807) is 6.07 Å². The van der Waals surface area contributed by atoms with Gasteiger partial charge in [0.2, 0.25) is 0 Å². The van der Waals surface area contributed by atoms with Gasteiger partial charge < -0.3 is 9.31 Å². The van der Waals surface area contributed by atoms with E-state index >= 15 is 0 Å². The summed E-state index contributed by atoms with van der Waals surface area (Å²) in [5.41, 5.74) is 2.77. The molecular weight excluding hydrogens is 293 g/mol. The van der Waals surface area contributed by atoms with Gasteiger partial charge in [-0.2, -0.15) is 0 Å². The standard InChI is InChI=1S/C13H15BBrNO2/c1-13(2)8-17-14(18-9-13)12-5-4-11(16-3)6-10(12)7-15/h4-6H,7-9H2,1-2H3. The molecule has 0 saturated carbocycles. The van der Waals surface area contributed by atoms with Gasteiger partial charge in [-0.25, -0.2) is 4.85 Å². The van der Waals surface area contributed by atoms with Crippen LogP contribution in [0.4, 0.5) is 5.69 Å². The third kappa shape index (κ3) is 2.95. The van der Waals surface area contributed by atoms with E-state index in [0.717, 1.165) is 11.0 Å². The lowest BCUT2D eigenvalue weighted by atomic mass is 9.73. The first kappa shape index (κ1) is 13.6. The van der Waals surface area contributed by atoms with Crippen LogP contribution in [-0.2, 0) is 14.6 Å². The van der Waals surface area contributed by atoms with Crippen molar-refractivity contribution in [2.45, 2.75) is 19.2 Å². The molecule has 0 amide bonds. The molecule has 0 aromatic heterocycles. The van der Waals surface area contributed by atoms with Crippen molar-refractivity contribution in [2.24, 2.45) is 5.41 Å². The monoisotopic (exact) mass is 307 g/mol. The molecule has 0 radical (unpaired) electrons. The lowest BCUT2D eigenvalue weighted by Gasteiger charge is -2.33. The van der Waals surface area contributed by atoms with Crippen LogP contribution in [-0.4, -0.2) is 20.3 Å². The number of hydrogen-bond acceptors (Lipinski definition) is 2. The Morgan fingerprint density at radius 3 is 2.61 bits per heavy atom. The van der Waals surface area contributed by atoms with Gasteiger partial charge in [0.1, 0.15) is 0 Å². The van der Waals surface area contributed by atoms with Crippen LogP contribution in [0.5, 0.6) is 0 Å². The first-order valence-electron chi connectivity index (χ1n) is 5.85. The third-order valence-corrected chi connectivity index (χ3v) is 3.51. The van der Waals surface area contributed by atoms with E-state index in [9.17, 15) is 0 Å². The van der Waals surface area contributed by atoms with Crippen molar-refractivity contribution >= 4 is 34.2 Å². The number of benzene rings is 1. The normalized spacial score (nSPS) is 18.4. The predicted molar refractivity (Wildman–Crippen MR) is 76.4 cm³/mol. The van der Waals surface area contributed by atoms with Crippen LogP contribution in [0.3, 0.4) is 0 Å². The maximum absolute atomic E-state index is 7.03. The summed E-state index contributed by atoms with van der Waals surface area (Å²) in [5.74, 6) is 0. The van der Waals surface area contributed by atoms with E-state index in [1.165, 1.54) is 0 Å². The van der Waals surface area contributed by atoms with E-state index < -0.39 is 0 Å². The molecule has 2 rings (SSSR count). The molecule has 0 unspecified atom stereocenters. The molecule has 1 aromatic carbocycles. The highest BCUT2D eigenvalue weighted by molar-refractivity contribution is 9.08. The van der Waals surface area contributed by atoms with Gasteiger partial charge in [0.15, 0.2) is 5.69 Å². The van der Waals surface area contributed by atoms with Crippen molar-refractivity contribution in [2.75, 3.05) is 13.2 Å². The fourth-order valence-electron chi connectivity index (χ4n) is 1.88. The van der Waals surface area contributed by atoms with Crippen molar-refractivity contribution < 1.29 is 9.31 Å². The summed E-state index contributed by atoms with van der Waals surface area (Å²) >= 11 is 3.45. The maximum atomic E-state index is 7.03. The highest BCUT2D eigenvalue weighted by atomic mass is 79.9. The second-order valence-corrected chi connectivity index (χ2v) is 5.81. The molecule has 1 heterocycles. The molecule has 1 aliphatic rings. The minimum absolute atomic E-state index is 0.0710. The summed E-state index contributed by atoms with van der Waals surface area (Å²) in [4.78, 5) is 3.44. The van der Waals surface area contributed by atoms with Gasteiger partial charge in [-0.15, -0.1) is 0 Å². The van der Waals surface area contributed by atoms with Gasteiger partial charge in [-0.3, -0.25) is 0 Å². The van der Waals surface area contributed by atoms with Gasteiger partial charge in [0, 0.05) is 24.0 Å². The third-order valence-electron chi connectivity index (χ3n) is 2.90. The number of halogens is 1. The Labute approximate surface area is 117 Å². The van der Waals surface area contributed by atoms with Crippen LogP contribution in [0.2, 0.25) is 0 Å². The minimum atomic E-state index is -0.314. The summed E-state index contributed by atoms with van der Waals surface area (Å²) in [7, 11) is -0.314. The van der Waals surface area contributed by atoms with Crippen molar-refractivity contribution in [3.63, 3.8) is 0 Å². The van der Waals surface area contributed by atoms with Crippen LogP contribution >= 0.6 is 15.9 Å². The average molecular weight is 308 g/mol. The summed E-state index contributed by atoms with van der Waals surface area (Å²) < 4.78 is 11.5. The molecule has 18 heavy (non-hydrogen) atoms. The smallest absolute Gasteiger partial charge is 0.407 e. The Bertz CT molecular complexity index is 474. The van der Waals surface area contributed by atoms with Crippen LogP contribution in [0.1, 0.15) is 19.4 Å². The molecule has 0 aliphatic carbocycles. The second kappa shape index (κ2) is 5.44. The van der Waals surface area contributed by atoms with E-state index in [4.69, 9.17) is 15.9 Å². The Morgan fingerprint density at radius 2 is 2.06 bits per heavy atom. The average Bonchev–Trinajstić information content (AvgIpc) is 2.38. The molecular formula is C13H15BBrNO2. The molecule has 94 valence electrons. The zero-order valence-electron chi connectivity index (χ0n) is 10.6. The van der Waals surface area contributed by atoms with E-state index in [2.05, 4.69) is 34.6 Å². The molecule has 1 saturated heterocycles. The molecule has 0 spiro atoms. The van der Waals surface area contributed by atoms with Crippen molar-refractivity contribution in [3.05, 3.63) is 35.2 Å². The molecule has 3 nitrogen and oxygen atoms in total. The topological polar surface area (TPSA) is 22.8 Å². The maximum Gasteiger partial charge on any atom is 0.494 e. The Morgan fingerprint density at radius 1 is 1.39 bits per heavy atom. The van der Waals surface area contributed by atoms with Crippen molar-refractivity contribution in [1.29, 1.82) is 0 Å². The van der Waals surface area contributed by atoms with Gasteiger partial charge in [0.05, 0.1) is 6.57 Å². The molecule has 5 heteroatoms. The minimum Gasteiger partial charge on any atom is -0.407 e. The highest BCUT2D eigenvalue weighted by Gasteiger charge is 2.34. The second-order valence-electron chi connectivity index (χ2n) is 5.25. The van der Waals surface area contributed by atoms with Crippen molar-refractivity contribution in [3.8, 4) is 0 Å². The predicted octanol–water partition coefficient (Wildman–Crippen LogP) is 2.90. The van der Waals surface area contributed by atoms with Crippen LogP contribution in [0.25, 0.3) is 4.85 Å². The molecule has 1 fully saturated rings. The van der Waals surface area contributed by atoms with Gasteiger partial charge in [0.25, 0.3) is 0 Å². The van der Waals surface area contributed by atoms with Crippen LogP contribution in [0, 0.1) is 12.0 Å². The lowest BCUT2D eigenvalue weighted by Crippen LogP contribution is -2.48. The first-order chi connectivity index (χ1) is 8.55. The fourth-order valence-corrected chi connectivity index (χ4v) is 2.36. The largest absolute Gasteiger partial charge is 0.494 e. The van der Waals surface area contributed by atoms with E-state index in [0.29, 0.717) is 24.2 Å². The van der Waals surface area contributed by atoms with Crippen molar-refractivity contribution in [1.82, 2.24) is 0 Å². The van der Waals surface area contributed by atoms with Crippen LogP contribution in [0.15, 0.2) is 18.2 Å². The number of hydrogen-bond donors (Lipinski definition) is 0. The number of rotatable bonds is 2. The van der Waals surface area contributed by atoms with Gasteiger partial charge >= 0.3 is 7.12 Å². The molecule has 0 N–H and O–H groups in total. The van der Waals surface area contributed by atoms with Crippen LogP contribution < -0.4 is 5.46 Å². The summed E-state index contributed by atoms with van der Waals surface area (Å²) in [6.07, 6.45) is 0. The lowest BCUT2D eigenvalue weighted by molar-refractivity contribution is 0.0342. The summed E-state index contributed by atoms with van der Waals surface area (Å²) in [5, 5.41) is 0.693. The SMILES string of the molecule is [C-]#[N+]c1ccc(B2OCC(C)(C)CO2)c(CBr)c1. The van der Waals surface area contributed by atoms with E-state index in [1.807, 2.05) is 12.1 Å². The molecule has 1 aromatic rings. The number of nitrogens with zero attached hydrogens (tertiary/aromatic N) is 1. The zero-order valence-corrected chi connectivity index (χ0v) is 12.2. The Hall–Kier alpha value is -0.825. The fraction of sp³-hybridized carbons (Fsp3) is 0.462. The molecule has 1 aliphatic heterocycles. The summed E-state index contributed by atoms with van der Waals surface area (Å²) in [6.45, 7) is 12.6. The zero-order chi connectivity index (χ0) is 13.2. The Balaban J connectivity index is 2.22. The van der Waals surface area contributed by atoms with Gasteiger partial charge in [-0.05, 0) is 11.0 Å².